The number of fused-ring (bicyclic) bond motifs is 4. The predicted octanol–water partition coefficient (Wildman–Crippen LogP) is 8.77. The van der Waals surface area contributed by atoms with E-state index in [4.69, 9.17) is 65.6 Å². The third-order valence-electron chi connectivity index (χ3n) is 23.5. The lowest BCUT2D eigenvalue weighted by Crippen LogP contribution is -2.42. The third-order valence-corrected chi connectivity index (χ3v) is 23.5. The summed E-state index contributed by atoms with van der Waals surface area (Å²) in [5, 5.41) is 0. The van der Waals surface area contributed by atoms with E-state index in [0.29, 0.717) is 137 Å². The maximum atomic E-state index is 14.4. The van der Waals surface area contributed by atoms with Gasteiger partial charge in [0.15, 0.2) is 45.9 Å². The molecule has 12 heterocycles. The van der Waals surface area contributed by atoms with Gasteiger partial charge in [-0.2, -0.15) is 39.9 Å². The van der Waals surface area contributed by atoms with Gasteiger partial charge in [-0.15, -0.1) is 0 Å². The van der Waals surface area contributed by atoms with Crippen molar-refractivity contribution in [1.82, 2.24) is 97.3 Å². The van der Waals surface area contributed by atoms with Crippen molar-refractivity contribution in [2.24, 2.45) is 5.92 Å². The van der Waals surface area contributed by atoms with Crippen LogP contribution in [-0.2, 0) is 77.9 Å². The minimum absolute atomic E-state index is 0.0907. The minimum Gasteiger partial charge on any atom is -0.497 e. The minimum atomic E-state index is -1.14. The quantitative estimate of drug-likeness (QED) is 0.0182. The largest absolute Gasteiger partial charge is 0.497 e. The Hall–Kier alpha value is -12.7. The molecule has 38 heteroatoms. The highest BCUT2D eigenvalue weighted by Crippen LogP contribution is 2.30. The van der Waals surface area contributed by atoms with Gasteiger partial charge in [-0.3, -0.25) is 42.4 Å². The van der Waals surface area contributed by atoms with Crippen LogP contribution in [0.15, 0.2) is 141 Å². The molecule has 0 aliphatic carbocycles. The SMILES string of the molecule is COCCOc1nc(N)c2[nH]c(=O)n(Cc3cccc(CN4CCC(C)CC4)c3)c2n1.COCCOc1nc(N)c2[nH]c(=O)n(Cc3cccc(CN4CCCC(C)(F)C4)c3)c2n1.COCCOc1nc(N)c2[nH]c(=O)n(Cc3cccc(CN4CCCCC4)c3)c2n1.COCCOc1nc(N)c2c(n1)n(Cc1cccc(CN3CCCC3)c1)c(=O)n2Cc1ccc(OC)cc1. The first-order valence-electron chi connectivity index (χ1n) is 44.6. The van der Waals surface area contributed by atoms with Crippen LogP contribution in [0.25, 0.3) is 44.7 Å². The number of nitrogen functional groups attached to an aromatic ring is 4. The molecule has 4 aliphatic rings. The zero-order chi connectivity index (χ0) is 91.9. The molecule has 17 rings (SSSR count). The van der Waals surface area contributed by atoms with Gasteiger partial charge >= 0.3 is 46.8 Å². The fourth-order valence-electron chi connectivity index (χ4n) is 16.9. The number of hydrogen-bond acceptors (Lipinski definition) is 29. The van der Waals surface area contributed by atoms with Gasteiger partial charge in [-0.1, -0.05) is 123 Å². The van der Waals surface area contributed by atoms with Crippen molar-refractivity contribution in [3.8, 4) is 29.8 Å². The lowest BCUT2D eigenvalue weighted by molar-refractivity contribution is 0.0563. The molecule has 1 atom stereocenters. The van der Waals surface area contributed by atoms with Crippen molar-refractivity contribution < 1.29 is 47.0 Å². The molecule has 0 amide bonds. The second-order valence-corrected chi connectivity index (χ2v) is 33.8. The molecule has 8 aromatic heterocycles. The van der Waals surface area contributed by atoms with Gasteiger partial charge in [-0.25, -0.2) is 23.6 Å². The molecule has 4 aliphatic heterocycles. The molecule has 0 bridgehead atoms. The Labute approximate surface area is 757 Å². The number of nitrogens with two attached hydrogens (primary N) is 4. The molecule has 0 spiro atoms. The van der Waals surface area contributed by atoms with Crippen molar-refractivity contribution in [2.45, 2.75) is 136 Å². The average Bonchev–Trinajstić information content (AvgIpc) is 1.62. The summed E-state index contributed by atoms with van der Waals surface area (Å²) in [5.41, 5.74) is 35.3. The normalized spacial score (nSPS) is 15.9. The number of rotatable bonds is 35. The first kappa shape index (κ1) is 94.4. The van der Waals surface area contributed by atoms with E-state index in [2.05, 4.69) is 118 Å². The average molecular weight is 1800 g/mol. The molecule has 1 unspecified atom stereocenters. The Kier molecular flexibility index (Phi) is 32.6. The Morgan fingerprint density at radius 3 is 1.05 bits per heavy atom. The number of anilines is 4. The van der Waals surface area contributed by atoms with Crippen molar-refractivity contribution in [3.05, 3.63) is 213 Å². The van der Waals surface area contributed by atoms with Gasteiger partial charge in [0.2, 0.25) is 0 Å². The number of nitrogens with one attached hydrogen (secondary N) is 3. The molecule has 698 valence electrons. The molecule has 13 aromatic rings. The van der Waals surface area contributed by atoms with E-state index in [9.17, 15) is 23.6 Å². The van der Waals surface area contributed by atoms with Crippen molar-refractivity contribution in [1.29, 1.82) is 0 Å². The van der Waals surface area contributed by atoms with Crippen LogP contribution in [-0.4, -0.2) is 244 Å². The summed E-state index contributed by atoms with van der Waals surface area (Å²) in [6, 6.07) is 41.1. The molecular formula is C93H121FN24O13. The van der Waals surface area contributed by atoms with Gasteiger partial charge < -0.3 is 80.5 Å². The molecule has 5 aromatic carbocycles. The molecule has 0 saturated carbocycles. The van der Waals surface area contributed by atoms with E-state index in [1.807, 2.05) is 84.9 Å². The maximum Gasteiger partial charge on any atom is 0.331 e. The zero-order valence-corrected chi connectivity index (χ0v) is 75.8. The number of aromatic amines is 3. The van der Waals surface area contributed by atoms with Crippen molar-refractivity contribution in [2.75, 3.05) is 164 Å². The fraction of sp³-hybridized carbons (Fsp3) is 0.462. The highest BCUT2D eigenvalue weighted by Gasteiger charge is 2.31. The summed E-state index contributed by atoms with van der Waals surface area (Å²) in [4.78, 5) is 104. The number of nitrogens with zero attached hydrogens (tertiary/aromatic N) is 17. The number of imidazole rings is 4. The summed E-state index contributed by atoms with van der Waals surface area (Å²) in [7, 11) is 7.96. The van der Waals surface area contributed by atoms with Gasteiger partial charge in [0.1, 0.15) is 59.9 Å². The fourth-order valence-corrected chi connectivity index (χ4v) is 16.9. The highest BCUT2D eigenvalue weighted by molar-refractivity contribution is 5.85. The first-order valence-corrected chi connectivity index (χ1v) is 44.6. The van der Waals surface area contributed by atoms with E-state index in [-0.39, 0.29) is 83.3 Å². The molecular weight excluding hydrogens is 1680 g/mol. The maximum absolute atomic E-state index is 14.4. The number of alkyl halides is 1. The van der Waals surface area contributed by atoms with Gasteiger partial charge in [-0.05, 0) is 172 Å². The molecule has 4 fully saturated rings. The molecule has 0 radical (unpaired) electrons. The number of halogens is 1. The second-order valence-electron chi connectivity index (χ2n) is 33.8. The predicted molar refractivity (Wildman–Crippen MR) is 499 cm³/mol. The van der Waals surface area contributed by atoms with Crippen LogP contribution < -0.4 is 69.4 Å². The summed E-state index contributed by atoms with van der Waals surface area (Å²) in [5.74, 6) is 2.26. The number of hydrogen-bond donors (Lipinski definition) is 7. The van der Waals surface area contributed by atoms with Crippen LogP contribution >= 0.6 is 0 Å². The van der Waals surface area contributed by atoms with Gasteiger partial charge in [0, 0.05) is 61.2 Å². The van der Waals surface area contributed by atoms with E-state index in [0.717, 1.165) is 117 Å². The smallest absolute Gasteiger partial charge is 0.331 e. The standard InChI is InChI=1S/C28H34N6O4.C22H29FN6O3.C22H30N6O3.C21H28N6O3/c1-36-14-15-38-27-30-25(29)24-26(31-27)34(28(35)33(24)18-20-8-10-23(37-2)11-9-20)19-22-7-5-6-21(16-22)17-32-12-3-4-13-32;1-22(23)7-4-8-28(14-22)12-15-5-3-6-16(11-15)13-29-19-17(25-21(29)30)18(24)26-20(27-19)32-10-9-31-2;1-15-6-8-27(9-7-15)13-16-4-3-5-17(12-16)14-28-20-18(24-22(28)29)19(23)25-21(26-20)31-11-10-30-2;1-29-10-11-30-20-24-18(22)17-19(25-20)27(21(28)23-17)14-16-7-5-6-15(12-16)13-26-8-3-2-4-9-26/h5-11,16H,3-4,12-15,17-19H2,1-2H3,(H2,29,30,31);3,5-6,11H,4,7-10,12-14H2,1-2H3,(H,25,30)(H2,24,26,27);3-5,12,15H,6-11,13-14H2,1-2H3,(H,24,29)(H2,23,25,26);5-7,12H,2-4,8-11,13-14H2,1H3,(H,23,28)(H2,22,24,25). The van der Waals surface area contributed by atoms with Gasteiger partial charge in [0.25, 0.3) is 0 Å². The van der Waals surface area contributed by atoms with Crippen LogP contribution in [0.1, 0.15) is 122 Å². The van der Waals surface area contributed by atoms with E-state index < -0.39 is 5.67 Å². The highest BCUT2D eigenvalue weighted by atomic mass is 19.1. The number of methoxy groups -OCH3 is 5. The Bertz CT molecular complexity index is 6200. The lowest BCUT2D eigenvalue weighted by atomic mass is 9.96. The van der Waals surface area contributed by atoms with E-state index >= 15 is 0 Å². The van der Waals surface area contributed by atoms with Crippen LogP contribution in [0.4, 0.5) is 27.7 Å². The number of H-pyrrole nitrogens is 3. The Balaban J connectivity index is 0.000000141. The third kappa shape index (κ3) is 25.3. The van der Waals surface area contributed by atoms with Gasteiger partial charge in [0.05, 0.1) is 66.3 Å². The number of benzene rings is 5. The monoisotopic (exact) mass is 1800 g/mol. The molecule has 4 saturated heterocycles. The first-order chi connectivity index (χ1) is 63.6. The van der Waals surface area contributed by atoms with Crippen LogP contribution in [0.3, 0.4) is 0 Å². The molecule has 37 nitrogen and oxygen atoms in total. The summed E-state index contributed by atoms with van der Waals surface area (Å²) >= 11 is 0. The van der Waals surface area contributed by atoms with Crippen LogP contribution in [0, 0.1) is 5.92 Å². The molecule has 11 N–H and O–H groups in total. The summed E-state index contributed by atoms with van der Waals surface area (Å²) in [6.07, 6.45) is 10.3. The van der Waals surface area contributed by atoms with Crippen LogP contribution in [0.5, 0.6) is 29.8 Å². The number of ether oxygens (including phenoxy) is 9. The Morgan fingerprint density at radius 1 is 0.366 bits per heavy atom. The number of aromatic nitrogens is 16. The summed E-state index contributed by atoms with van der Waals surface area (Å²) < 4.78 is 69.7. The molecule has 131 heavy (non-hydrogen) atoms. The second kappa shape index (κ2) is 45.2. The van der Waals surface area contributed by atoms with Crippen LogP contribution in [0.2, 0.25) is 0 Å². The number of piperidine rings is 3. The van der Waals surface area contributed by atoms with Crippen molar-refractivity contribution in [3.63, 3.8) is 0 Å². The van der Waals surface area contributed by atoms with E-state index in [1.165, 1.54) is 66.2 Å². The topological polar surface area (TPSA) is 444 Å². The zero-order valence-electron chi connectivity index (χ0n) is 75.8. The van der Waals surface area contributed by atoms with E-state index in [1.54, 1.807) is 60.7 Å². The van der Waals surface area contributed by atoms with Crippen molar-refractivity contribution >= 4 is 67.9 Å². The Morgan fingerprint density at radius 2 is 0.687 bits per heavy atom. The summed E-state index contributed by atoms with van der Waals surface area (Å²) in [6.45, 7) is 20.0. The number of likely N-dealkylation sites (tertiary alicyclic amines) is 4. The lowest BCUT2D eigenvalue weighted by Gasteiger charge is -2.35.